The van der Waals surface area contributed by atoms with Gasteiger partial charge in [0.15, 0.2) is 4.91 Å². The quantitative estimate of drug-likeness (QED) is 0.458. The Morgan fingerprint density at radius 3 is 2.09 bits per heavy atom. The molecule has 4 N–H and O–H groups in total. The number of nitrogens with one attached hydrogen (secondary N) is 1. The first-order valence-corrected chi connectivity index (χ1v) is 7.97. The standard InChI is InChI=1S/C16H16N2O3S/c1-11-7-9-13(10-8-11)22(20,21)15(16(17)18)14(19)12-5-3-2-4-6-12/h2-10,19H,1H3,(H3,17,18)/b15-14-. The lowest BCUT2D eigenvalue weighted by Crippen LogP contribution is -2.22. The molecule has 0 heterocycles. The molecular formula is C16H16N2O3S. The molecule has 2 aromatic carbocycles. The average Bonchev–Trinajstić information content (AvgIpc) is 2.48. The van der Waals surface area contributed by atoms with E-state index in [0.717, 1.165) is 5.56 Å². The maximum atomic E-state index is 12.7. The molecule has 0 unspecified atom stereocenters. The second-order valence-corrected chi connectivity index (χ2v) is 6.66. The van der Waals surface area contributed by atoms with E-state index in [9.17, 15) is 13.5 Å². The van der Waals surface area contributed by atoms with Gasteiger partial charge < -0.3 is 10.8 Å². The number of sulfone groups is 1. The first-order chi connectivity index (χ1) is 10.3. The Morgan fingerprint density at radius 1 is 1.05 bits per heavy atom. The van der Waals surface area contributed by atoms with Gasteiger partial charge in [0.1, 0.15) is 11.6 Å². The van der Waals surface area contributed by atoms with Gasteiger partial charge in [0, 0.05) is 5.56 Å². The molecule has 0 aliphatic rings. The molecule has 0 aromatic heterocycles. The van der Waals surface area contributed by atoms with Gasteiger partial charge in [-0.3, -0.25) is 5.41 Å². The molecule has 0 atom stereocenters. The number of hydrogen-bond acceptors (Lipinski definition) is 4. The van der Waals surface area contributed by atoms with Crippen LogP contribution in [0.15, 0.2) is 64.4 Å². The lowest BCUT2D eigenvalue weighted by molar-refractivity contribution is 0.510. The maximum Gasteiger partial charge on any atom is 0.213 e. The van der Waals surface area contributed by atoms with Crippen LogP contribution in [0.5, 0.6) is 0 Å². The minimum Gasteiger partial charge on any atom is -0.506 e. The number of nitrogens with two attached hydrogens (primary N) is 1. The number of aliphatic hydroxyl groups excluding tert-OH is 1. The Bertz CT molecular complexity index is 823. The maximum absolute atomic E-state index is 12.7. The van der Waals surface area contributed by atoms with Gasteiger partial charge in [-0.1, -0.05) is 48.0 Å². The van der Waals surface area contributed by atoms with E-state index in [1.54, 1.807) is 42.5 Å². The third kappa shape index (κ3) is 3.01. The summed E-state index contributed by atoms with van der Waals surface area (Å²) in [5, 5.41) is 17.8. The van der Waals surface area contributed by atoms with E-state index in [4.69, 9.17) is 11.1 Å². The highest BCUT2D eigenvalue weighted by Crippen LogP contribution is 2.26. The average molecular weight is 316 g/mol. The fourth-order valence-electron chi connectivity index (χ4n) is 1.96. The van der Waals surface area contributed by atoms with Gasteiger partial charge in [-0.05, 0) is 19.1 Å². The van der Waals surface area contributed by atoms with E-state index < -0.39 is 26.3 Å². The Labute approximate surface area is 129 Å². The number of amidine groups is 1. The molecule has 0 bridgehead atoms. The van der Waals surface area contributed by atoms with Crippen LogP contribution in [0.1, 0.15) is 11.1 Å². The predicted molar refractivity (Wildman–Crippen MR) is 86.3 cm³/mol. The third-order valence-electron chi connectivity index (χ3n) is 3.11. The second-order valence-electron chi connectivity index (χ2n) is 4.77. The molecule has 0 saturated carbocycles. The minimum absolute atomic E-state index is 0.0224. The van der Waals surface area contributed by atoms with Crippen LogP contribution in [-0.4, -0.2) is 19.4 Å². The van der Waals surface area contributed by atoms with E-state index in [1.165, 1.54) is 12.1 Å². The van der Waals surface area contributed by atoms with Gasteiger partial charge in [0.05, 0.1) is 4.90 Å². The first-order valence-electron chi connectivity index (χ1n) is 6.49. The molecule has 0 radical (unpaired) electrons. The smallest absolute Gasteiger partial charge is 0.213 e. The Morgan fingerprint density at radius 2 is 1.59 bits per heavy atom. The molecule has 6 heteroatoms. The fraction of sp³-hybridized carbons (Fsp3) is 0.0625. The normalized spacial score (nSPS) is 12.6. The topological polar surface area (TPSA) is 104 Å². The van der Waals surface area contributed by atoms with Crippen molar-refractivity contribution in [1.82, 2.24) is 0 Å². The van der Waals surface area contributed by atoms with Crippen LogP contribution in [0.4, 0.5) is 0 Å². The number of rotatable bonds is 4. The molecule has 22 heavy (non-hydrogen) atoms. The summed E-state index contributed by atoms with van der Waals surface area (Å²) in [6.45, 7) is 1.83. The minimum atomic E-state index is -4.08. The van der Waals surface area contributed by atoms with Crippen LogP contribution < -0.4 is 5.73 Å². The summed E-state index contributed by atoms with van der Waals surface area (Å²) < 4.78 is 25.3. The number of benzene rings is 2. The van der Waals surface area contributed by atoms with Crippen LogP contribution in [-0.2, 0) is 9.84 Å². The fourth-order valence-corrected chi connectivity index (χ4v) is 3.35. The monoisotopic (exact) mass is 316 g/mol. The number of hydrogen-bond donors (Lipinski definition) is 3. The zero-order valence-corrected chi connectivity index (χ0v) is 12.8. The third-order valence-corrected chi connectivity index (χ3v) is 4.95. The molecule has 0 spiro atoms. The summed E-state index contributed by atoms with van der Waals surface area (Å²) in [5.41, 5.74) is 6.60. The van der Waals surface area contributed by atoms with E-state index >= 15 is 0 Å². The van der Waals surface area contributed by atoms with Crippen LogP contribution in [0, 0.1) is 12.3 Å². The van der Waals surface area contributed by atoms with Gasteiger partial charge >= 0.3 is 0 Å². The second kappa shape index (κ2) is 6.03. The van der Waals surface area contributed by atoms with Gasteiger partial charge in [-0.2, -0.15) is 0 Å². The summed E-state index contributed by atoms with van der Waals surface area (Å²) >= 11 is 0. The van der Waals surface area contributed by atoms with Crippen molar-refractivity contribution in [3.8, 4) is 0 Å². The van der Waals surface area contributed by atoms with Crippen LogP contribution in [0.3, 0.4) is 0 Å². The molecule has 0 amide bonds. The summed E-state index contributed by atoms with van der Waals surface area (Å²) in [4.78, 5) is -0.617. The van der Waals surface area contributed by atoms with E-state index in [2.05, 4.69) is 0 Å². The van der Waals surface area contributed by atoms with Gasteiger partial charge in [-0.25, -0.2) is 8.42 Å². The van der Waals surface area contributed by atoms with Crippen molar-refractivity contribution in [2.45, 2.75) is 11.8 Å². The van der Waals surface area contributed by atoms with Crippen molar-refractivity contribution in [2.75, 3.05) is 0 Å². The zero-order chi connectivity index (χ0) is 16.3. The predicted octanol–water partition coefficient (Wildman–Crippen LogP) is 2.63. The van der Waals surface area contributed by atoms with Gasteiger partial charge in [0.2, 0.25) is 9.84 Å². The number of aryl methyl sites for hydroxylation is 1. The van der Waals surface area contributed by atoms with Crippen molar-refractivity contribution < 1.29 is 13.5 Å². The van der Waals surface area contributed by atoms with Crippen LogP contribution in [0.2, 0.25) is 0 Å². The zero-order valence-electron chi connectivity index (χ0n) is 11.9. The summed E-state index contributed by atoms with van der Waals surface area (Å²) in [6, 6.07) is 14.3. The van der Waals surface area contributed by atoms with E-state index in [1.807, 2.05) is 6.92 Å². The lowest BCUT2D eigenvalue weighted by atomic mass is 10.2. The summed E-state index contributed by atoms with van der Waals surface area (Å²) in [6.07, 6.45) is 0. The van der Waals surface area contributed by atoms with E-state index in [-0.39, 0.29) is 10.5 Å². The highest BCUT2D eigenvalue weighted by Gasteiger charge is 2.28. The molecule has 2 rings (SSSR count). The molecule has 0 aliphatic carbocycles. The van der Waals surface area contributed by atoms with Crippen LogP contribution in [0.25, 0.3) is 5.76 Å². The van der Waals surface area contributed by atoms with Gasteiger partial charge in [-0.15, -0.1) is 0 Å². The summed E-state index contributed by atoms with van der Waals surface area (Å²) in [5.74, 6) is -1.24. The lowest BCUT2D eigenvalue weighted by Gasteiger charge is -2.11. The molecule has 114 valence electrons. The number of aliphatic hydroxyl groups is 1. The Kier molecular flexibility index (Phi) is 4.32. The molecule has 5 nitrogen and oxygen atoms in total. The van der Waals surface area contributed by atoms with Gasteiger partial charge in [0.25, 0.3) is 0 Å². The van der Waals surface area contributed by atoms with Crippen molar-refractivity contribution in [1.29, 1.82) is 5.41 Å². The van der Waals surface area contributed by atoms with Crippen molar-refractivity contribution in [3.63, 3.8) is 0 Å². The molecule has 0 fully saturated rings. The molecule has 0 saturated heterocycles. The SMILES string of the molecule is Cc1ccc(S(=O)(=O)/C(C(=N)N)=C(\O)c2ccccc2)cc1. The highest BCUT2D eigenvalue weighted by atomic mass is 32.2. The Balaban J connectivity index is 2.67. The van der Waals surface area contributed by atoms with Crippen molar-refractivity contribution >= 4 is 21.4 Å². The molecular weight excluding hydrogens is 300 g/mol. The van der Waals surface area contributed by atoms with E-state index in [0.29, 0.717) is 0 Å². The van der Waals surface area contributed by atoms with Crippen molar-refractivity contribution in [2.24, 2.45) is 5.73 Å². The Hall–Kier alpha value is -2.60. The van der Waals surface area contributed by atoms with Crippen LogP contribution >= 0.6 is 0 Å². The molecule has 0 aliphatic heterocycles. The highest BCUT2D eigenvalue weighted by molar-refractivity contribution is 7.96. The summed E-state index contributed by atoms with van der Waals surface area (Å²) in [7, 11) is -4.08. The largest absolute Gasteiger partial charge is 0.506 e. The van der Waals surface area contributed by atoms with Crippen molar-refractivity contribution in [3.05, 3.63) is 70.6 Å². The first kappa shape index (κ1) is 15.8. The molecule has 2 aromatic rings.